The minimum Gasteiger partial charge on any atom is -0.385 e. The van der Waals surface area contributed by atoms with Gasteiger partial charge in [-0.15, -0.1) is 0 Å². The molecule has 1 heterocycles. The van der Waals surface area contributed by atoms with E-state index < -0.39 is 11.7 Å². The number of nitrogens with zero attached hydrogens (tertiary/aromatic N) is 1. The molecular weight excluding hydrogens is 226 g/mol. The van der Waals surface area contributed by atoms with Crippen LogP contribution in [0.2, 0.25) is 0 Å². The Morgan fingerprint density at radius 2 is 2.33 bits per heavy atom. The fourth-order valence-electron chi connectivity index (χ4n) is 3.13. The summed E-state index contributed by atoms with van der Waals surface area (Å²) >= 11 is 0. The molecule has 0 bridgehead atoms. The Bertz CT molecular complexity index is 407. The fraction of sp³-hybridized carbons (Fsp3) is 0.667. The van der Waals surface area contributed by atoms with Gasteiger partial charge in [-0.3, -0.25) is 4.98 Å². The van der Waals surface area contributed by atoms with Crippen LogP contribution in [0.4, 0.5) is 0 Å². The Kier molecular flexibility index (Phi) is 4.03. The molecule has 1 saturated carbocycles. The predicted octanol–water partition coefficient (Wildman–Crippen LogP) is 3.02. The maximum atomic E-state index is 10.7. The van der Waals surface area contributed by atoms with E-state index in [0.717, 1.165) is 30.4 Å². The largest absolute Gasteiger partial charge is 0.385 e. The molecule has 1 aromatic rings. The number of pyridine rings is 1. The van der Waals surface area contributed by atoms with E-state index >= 15 is 0 Å². The Labute approximate surface area is 109 Å². The van der Waals surface area contributed by atoms with Crippen molar-refractivity contribution in [2.75, 3.05) is 7.11 Å². The van der Waals surface area contributed by atoms with Crippen LogP contribution in [0.15, 0.2) is 18.5 Å². The summed E-state index contributed by atoms with van der Waals surface area (Å²) in [7, 11) is 1.72. The smallest absolute Gasteiger partial charge is 0.110 e. The first-order chi connectivity index (χ1) is 8.59. The molecule has 100 valence electrons. The molecule has 1 N–H and O–H groups in total. The molecule has 2 rings (SSSR count). The van der Waals surface area contributed by atoms with Gasteiger partial charge in [0.05, 0.1) is 5.60 Å². The number of aliphatic hydroxyl groups excluding tert-OH is 1. The zero-order valence-electron chi connectivity index (χ0n) is 11.5. The first-order valence-electron chi connectivity index (χ1n) is 6.73. The maximum absolute atomic E-state index is 10.7. The summed E-state index contributed by atoms with van der Waals surface area (Å²) in [5.74, 6) is 0.602. The van der Waals surface area contributed by atoms with Crippen LogP contribution in [0.1, 0.15) is 49.8 Å². The maximum Gasteiger partial charge on any atom is 0.110 e. The van der Waals surface area contributed by atoms with Crippen LogP contribution in [-0.4, -0.2) is 22.8 Å². The van der Waals surface area contributed by atoms with E-state index in [1.54, 1.807) is 19.5 Å². The van der Waals surface area contributed by atoms with Crippen molar-refractivity contribution in [3.8, 4) is 0 Å². The van der Waals surface area contributed by atoms with Crippen molar-refractivity contribution in [3.05, 3.63) is 29.6 Å². The first-order valence-corrected chi connectivity index (χ1v) is 6.73. The molecular formula is C15H23NO2. The highest BCUT2D eigenvalue weighted by atomic mass is 16.5. The molecule has 0 spiro atoms. The molecule has 0 aromatic carbocycles. The number of aromatic nitrogens is 1. The lowest BCUT2D eigenvalue weighted by atomic mass is 9.73. The van der Waals surface area contributed by atoms with Gasteiger partial charge in [-0.2, -0.15) is 0 Å². The van der Waals surface area contributed by atoms with E-state index in [1.807, 2.05) is 13.0 Å². The van der Waals surface area contributed by atoms with E-state index in [1.165, 1.54) is 6.42 Å². The zero-order chi connectivity index (χ0) is 13.2. The van der Waals surface area contributed by atoms with Gasteiger partial charge in [0.25, 0.3) is 0 Å². The molecule has 0 radical (unpaired) electrons. The van der Waals surface area contributed by atoms with Gasteiger partial charge in [-0.1, -0.05) is 19.8 Å². The van der Waals surface area contributed by atoms with Crippen molar-refractivity contribution in [1.29, 1.82) is 0 Å². The normalized spacial score (nSPS) is 30.1. The molecule has 1 aliphatic rings. The average Bonchev–Trinajstić information content (AvgIpc) is 2.38. The minimum atomic E-state index is -0.584. The Morgan fingerprint density at radius 1 is 1.56 bits per heavy atom. The van der Waals surface area contributed by atoms with Crippen LogP contribution in [0.25, 0.3) is 0 Å². The summed E-state index contributed by atoms with van der Waals surface area (Å²) in [6.07, 6.45) is 7.12. The third-order valence-electron chi connectivity index (χ3n) is 4.27. The van der Waals surface area contributed by atoms with Crippen molar-refractivity contribution < 1.29 is 9.84 Å². The molecule has 18 heavy (non-hydrogen) atoms. The quantitative estimate of drug-likeness (QED) is 0.895. The predicted molar refractivity (Wildman–Crippen MR) is 71.3 cm³/mol. The Morgan fingerprint density at radius 3 is 2.94 bits per heavy atom. The number of methoxy groups -OCH3 is 1. The van der Waals surface area contributed by atoms with E-state index in [2.05, 4.69) is 11.9 Å². The molecule has 0 amide bonds. The van der Waals surface area contributed by atoms with Gasteiger partial charge < -0.3 is 9.84 Å². The summed E-state index contributed by atoms with van der Waals surface area (Å²) in [5.41, 5.74) is 1.53. The van der Waals surface area contributed by atoms with Crippen molar-refractivity contribution in [1.82, 2.24) is 4.98 Å². The average molecular weight is 249 g/mol. The summed E-state index contributed by atoms with van der Waals surface area (Å²) < 4.78 is 5.74. The van der Waals surface area contributed by atoms with Gasteiger partial charge in [-0.25, -0.2) is 0 Å². The molecule has 3 heteroatoms. The molecule has 3 atom stereocenters. The van der Waals surface area contributed by atoms with Crippen molar-refractivity contribution in [2.24, 2.45) is 5.92 Å². The van der Waals surface area contributed by atoms with Gasteiger partial charge >= 0.3 is 0 Å². The molecule has 1 fully saturated rings. The SMILES string of the molecule is COC1(C(O)c2cnccc2C)CCCC(C)C1. The number of hydrogen-bond donors (Lipinski definition) is 1. The monoisotopic (exact) mass is 249 g/mol. The number of hydrogen-bond acceptors (Lipinski definition) is 3. The summed E-state index contributed by atoms with van der Waals surface area (Å²) in [6.45, 7) is 4.24. The van der Waals surface area contributed by atoms with Crippen LogP contribution in [-0.2, 0) is 4.74 Å². The lowest BCUT2D eigenvalue weighted by Crippen LogP contribution is -2.43. The van der Waals surface area contributed by atoms with E-state index in [9.17, 15) is 5.11 Å². The third-order valence-corrected chi connectivity index (χ3v) is 4.27. The van der Waals surface area contributed by atoms with Crippen molar-refractivity contribution >= 4 is 0 Å². The molecule has 0 aliphatic heterocycles. The van der Waals surface area contributed by atoms with Gasteiger partial charge in [0.2, 0.25) is 0 Å². The second-order valence-corrected chi connectivity index (χ2v) is 5.61. The zero-order valence-corrected chi connectivity index (χ0v) is 11.5. The number of rotatable bonds is 3. The second kappa shape index (κ2) is 5.37. The van der Waals surface area contributed by atoms with Gasteiger partial charge in [0.1, 0.15) is 6.10 Å². The van der Waals surface area contributed by atoms with Crippen LogP contribution < -0.4 is 0 Å². The molecule has 0 saturated heterocycles. The topological polar surface area (TPSA) is 42.4 Å². The third kappa shape index (κ3) is 2.43. The second-order valence-electron chi connectivity index (χ2n) is 5.61. The summed E-state index contributed by atoms with van der Waals surface area (Å²) in [6, 6.07) is 1.94. The van der Waals surface area contributed by atoms with Crippen LogP contribution in [0, 0.1) is 12.8 Å². The van der Waals surface area contributed by atoms with Crippen LogP contribution >= 0.6 is 0 Å². The highest BCUT2D eigenvalue weighted by Crippen LogP contribution is 2.43. The summed E-state index contributed by atoms with van der Waals surface area (Å²) in [5, 5.41) is 10.7. The van der Waals surface area contributed by atoms with E-state index in [4.69, 9.17) is 4.74 Å². The van der Waals surface area contributed by atoms with E-state index in [0.29, 0.717) is 5.92 Å². The minimum absolute atomic E-state index is 0.439. The summed E-state index contributed by atoms with van der Waals surface area (Å²) in [4.78, 5) is 4.13. The fourth-order valence-corrected chi connectivity index (χ4v) is 3.13. The lowest BCUT2D eigenvalue weighted by molar-refractivity contribution is -0.134. The number of ether oxygens (including phenoxy) is 1. The lowest BCUT2D eigenvalue weighted by Gasteiger charge is -2.42. The van der Waals surface area contributed by atoms with Crippen LogP contribution in [0.5, 0.6) is 0 Å². The van der Waals surface area contributed by atoms with Gasteiger partial charge in [-0.05, 0) is 37.3 Å². The van der Waals surface area contributed by atoms with Crippen LogP contribution in [0.3, 0.4) is 0 Å². The Hall–Kier alpha value is -0.930. The number of aryl methyl sites for hydroxylation is 1. The van der Waals surface area contributed by atoms with Crippen molar-refractivity contribution in [3.63, 3.8) is 0 Å². The molecule has 3 nitrogen and oxygen atoms in total. The molecule has 3 unspecified atom stereocenters. The highest BCUT2D eigenvalue weighted by Gasteiger charge is 2.42. The van der Waals surface area contributed by atoms with E-state index in [-0.39, 0.29) is 0 Å². The highest BCUT2D eigenvalue weighted by molar-refractivity contribution is 5.26. The van der Waals surface area contributed by atoms with Gasteiger partial charge in [0, 0.05) is 25.1 Å². The molecule has 1 aromatic heterocycles. The number of aliphatic hydroxyl groups is 1. The first kappa shape index (κ1) is 13.5. The standard InChI is InChI=1S/C15H23NO2/c1-11-5-4-7-15(9-11,18-3)14(17)13-10-16-8-6-12(13)2/h6,8,10-11,14,17H,4-5,7,9H2,1-3H3. The Balaban J connectivity index is 2.30. The molecule has 1 aliphatic carbocycles. The van der Waals surface area contributed by atoms with Crippen molar-refractivity contribution in [2.45, 2.75) is 51.2 Å². The van der Waals surface area contributed by atoms with Gasteiger partial charge in [0.15, 0.2) is 0 Å².